The van der Waals surface area contributed by atoms with Gasteiger partial charge in [0.05, 0.1) is 17.4 Å². The zero-order chi connectivity index (χ0) is 29.8. The number of nitrogens with zero attached hydrogens (tertiary/aromatic N) is 8. The molecule has 0 spiro atoms. The van der Waals surface area contributed by atoms with Gasteiger partial charge >= 0.3 is 23.8 Å². The van der Waals surface area contributed by atoms with Crippen LogP contribution in [0, 0.1) is 17.2 Å². The Morgan fingerprint density at radius 1 is 1.05 bits per heavy atom. The molecule has 2 fully saturated rings. The van der Waals surface area contributed by atoms with Crippen LogP contribution in [0.3, 0.4) is 0 Å². The van der Waals surface area contributed by atoms with Gasteiger partial charge in [-0.1, -0.05) is 23.7 Å². The third-order valence-corrected chi connectivity index (χ3v) is 7.57. The first-order valence-electron chi connectivity index (χ1n) is 13.2. The standard InChI is InChI=1S/C27H26ClN9O5/c28-19-3-6-21(37-16-30-32-33-37)22(14-19)35-11-12-36(25(39)24(35)38)23(26(40)41)13-17-1-4-20(5-2-17)31-27(42)34-9-7-18(15-29)8-10-34/h1-6,14,16,18,23H,7-13H2,(H,31,42)(H,40,41)/t23-/m0/s1. The van der Waals surface area contributed by atoms with Crippen LogP contribution in [-0.4, -0.2) is 91.1 Å². The number of rotatable bonds is 7. The van der Waals surface area contributed by atoms with Crippen molar-refractivity contribution in [1.29, 1.82) is 5.26 Å². The van der Waals surface area contributed by atoms with E-state index in [0.29, 0.717) is 53.6 Å². The molecule has 0 unspecified atom stereocenters. The lowest BCUT2D eigenvalue weighted by molar-refractivity contribution is -0.155. The highest BCUT2D eigenvalue weighted by Gasteiger charge is 2.40. The van der Waals surface area contributed by atoms with E-state index in [9.17, 15) is 24.3 Å². The van der Waals surface area contributed by atoms with Crippen LogP contribution in [0.15, 0.2) is 48.8 Å². The molecular formula is C27H26ClN9O5. The summed E-state index contributed by atoms with van der Waals surface area (Å²) in [6.07, 6.45) is 2.56. The predicted molar refractivity (Wildman–Crippen MR) is 149 cm³/mol. The van der Waals surface area contributed by atoms with Crippen LogP contribution < -0.4 is 10.2 Å². The highest BCUT2D eigenvalue weighted by Crippen LogP contribution is 2.30. The number of nitriles is 1. The number of likely N-dealkylation sites (tertiary alicyclic amines) is 1. The Morgan fingerprint density at radius 2 is 1.79 bits per heavy atom. The molecular weight excluding hydrogens is 566 g/mol. The summed E-state index contributed by atoms with van der Waals surface area (Å²) in [6.45, 7) is 0.998. The second-order valence-electron chi connectivity index (χ2n) is 9.92. The van der Waals surface area contributed by atoms with Crippen LogP contribution in [0.25, 0.3) is 5.69 Å². The zero-order valence-corrected chi connectivity index (χ0v) is 23.0. The minimum atomic E-state index is -1.29. The van der Waals surface area contributed by atoms with Crippen molar-refractivity contribution in [3.8, 4) is 11.8 Å². The van der Waals surface area contributed by atoms with E-state index < -0.39 is 23.8 Å². The van der Waals surface area contributed by atoms with Crippen LogP contribution in [0.5, 0.6) is 0 Å². The number of hydrogen-bond donors (Lipinski definition) is 2. The van der Waals surface area contributed by atoms with Crippen molar-refractivity contribution in [1.82, 2.24) is 30.0 Å². The molecule has 0 bridgehead atoms. The fraction of sp³-hybridized carbons (Fsp3) is 0.333. The SMILES string of the molecule is N#CC1CCN(C(=O)Nc2ccc(C[C@@H](C(=O)O)N3CCN(c4cc(Cl)ccc4-n4cnnn4)C(=O)C3=O)cc2)CC1. The Labute approximate surface area is 245 Å². The molecule has 2 aliphatic rings. The largest absolute Gasteiger partial charge is 0.480 e. The van der Waals surface area contributed by atoms with E-state index in [1.165, 1.54) is 22.0 Å². The first-order chi connectivity index (χ1) is 20.2. The molecule has 14 nitrogen and oxygen atoms in total. The van der Waals surface area contributed by atoms with E-state index >= 15 is 0 Å². The number of benzene rings is 2. The Bertz CT molecular complexity index is 1530. The van der Waals surface area contributed by atoms with Crippen molar-refractivity contribution in [2.24, 2.45) is 5.92 Å². The van der Waals surface area contributed by atoms with Crippen molar-refractivity contribution in [2.45, 2.75) is 25.3 Å². The number of tetrazole rings is 1. The first-order valence-corrected chi connectivity index (χ1v) is 13.6. The van der Waals surface area contributed by atoms with Gasteiger partial charge in [0.2, 0.25) is 0 Å². The number of aliphatic carboxylic acids is 1. The van der Waals surface area contributed by atoms with Crippen LogP contribution in [0.1, 0.15) is 18.4 Å². The van der Waals surface area contributed by atoms with E-state index in [0.717, 1.165) is 4.90 Å². The van der Waals surface area contributed by atoms with Crippen molar-refractivity contribution >= 4 is 46.8 Å². The molecule has 1 atom stereocenters. The van der Waals surface area contributed by atoms with Crippen molar-refractivity contribution in [3.05, 3.63) is 59.4 Å². The number of carboxylic acid groups (broad SMARTS) is 1. The number of carbonyl (C=O) groups excluding carboxylic acids is 3. The van der Waals surface area contributed by atoms with Crippen molar-refractivity contribution in [2.75, 3.05) is 36.4 Å². The minimum Gasteiger partial charge on any atom is -0.480 e. The molecule has 1 aromatic heterocycles. The van der Waals surface area contributed by atoms with Gasteiger partial charge in [-0.3, -0.25) is 9.59 Å². The maximum Gasteiger partial charge on any atom is 0.326 e. The van der Waals surface area contributed by atoms with E-state index in [2.05, 4.69) is 26.9 Å². The van der Waals surface area contributed by atoms with Crippen molar-refractivity contribution < 1.29 is 24.3 Å². The molecule has 2 N–H and O–H groups in total. The Hall–Kier alpha value is -5.03. The molecule has 0 aliphatic carbocycles. The topological polar surface area (TPSA) is 178 Å². The van der Waals surface area contributed by atoms with Crippen molar-refractivity contribution in [3.63, 3.8) is 0 Å². The maximum absolute atomic E-state index is 13.2. The lowest BCUT2D eigenvalue weighted by Gasteiger charge is -2.37. The minimum absolute atomic E-state index is 0.0280. The number of hydrogen-bond acceptors (Lipinski definition) is 8. The smallest absolute Gasteiger partial charge is 0.326 e. The lowest BCUT2D eigenvalue weighted by Crippen LogP contribution is -2.59. The van der Waals surface area contributed by atoms with Gasteiger partial charge < -0.3 is 25.1 Å². The summed E-state index contributed by atoms with van der Waals surface area (Å²) in [6, 6.07) is 12.0. The Balaban J connectivity index is 1.25. The molecule has 0 radical (unpaired) electrons. The summed E-state index contributed by atoms with van der Waals surface area (Å²) in [5.41, 5.74) is 1.87. The van der Waals surface area contributed by atoms with Gasteiger partial charge in [-0.05, 0) is 59.2 Å². The third kappa shape index (κ3) is 6.01. The van der Waals surface area contributed by atoms with E-state index in [1.807, 2.05) is 0 Å². The van der Waals surface area contributed by atoms with Gasteiger partial charge in [0.15, 0.2) is 0 Å². The van der Waals surface area contributed by atoms with Gasteiger partial charge in [0, 0.05) is 49.2 Å². The first kappa shape index (κ1) is 28.5. The number of halogens is 1. The number of nitrogens with one attached hydrogen (secondary N) is 1. The van der Waals surface area contributed by atoms with E-state index in [1.54, 1.807) is 41.3 Å². The highest BCUT2D eigenvalue weighted by atomic mass is 35.5. The lowest BCUT2D eigenvalue weighted by atomic mass is 9.99. The third-order valence-electron chi connectivity index (χ3n) is 7.34. The number of piperidine rings is 1. The second kappa shape index (κ2) is 12.2. The summed E-state index contributed by atoms with van der Waals surface area (Å²) >= 11 is 6.17. The summed E-state index contributed by atoms with van der Waals surface area (Å²) in [4.78, 5) is 55.2. The molecule has 2 saturated heterocycles. The molecule has 3 aromatic rings. The number of urea groups is 1. The van der Waals surface area contributed by atoms with Crippen LogP contribution in [-0.2, 0) is 20.8 Å². The fourth-order valence-corrected chi connectivity index (χ4v) is 5.21. The normalized spacial score (nSPS) is 16.7. The zero-order valence-electron chi connectivity index (χ0n) is 22.3. The molecule has 2 aliphatic heterocycles. The number of amides is 4. The Morgan fingerprint density at radius 3 is 2.43 bits per heavy atom. The summed E-state index contributed by atoms with van der Waals surface area (Å²) in [7, 11) is 0. The number of carbonyl (C=O) groups is 4. The average molecular weight is 592 g/mol. The molecule has 42 heavy (non-hydrogen) atoms. The highest BCUT2D eigenvalue weighted by molar-refractivity contribution is 6.41. The number of anilines is 2. The molecule has 2 aromatic carbocycles. The average Bonchev–Trinajstić information content (AvgIpc) is 3.53. The van der Waals surface area contributed by atoms with Gasteiger partial charge in [0.25, 0.3) is 0 Å². The maximum atomic E-state index is 13.2. The summed E-state index contributed by atoms with van der Waals surface area (Å²) < 4.78 is 1.33. The fourth-order valence-electron chi connectivity index (χ4n) is 5.05. The summed E-state index contributed by atoms with van der Waals surface area (Å²) in [5, 5.41) is 33.2. The molecule has 15 heteroatoms. The summed E-state index contributed by atoms with van der Waals surface area (Å²) in [5.74, 6) is -3.15. The molecule has 3 heterocycles. The van der Waals surface area contributed by atoms with E-state index in [-0.39, 0.29) is 31.5 Å². The second-order valence-corrected chi connectivity index (χ2v) is 10.4. The van der Waals surface area contributed by atoms with E-state index in [4.69, 9.17) is 16.9 Å². The predicted octanol–water partition coefficient (Wildman–Crippen LogP) is 1.95. The van der Waals surface area contributed by atoms with Gasteiger partial charge in [-0.25, -0.2) is 9.59 Å². The van der Waals surface area contributed by atoms with Crippen LogP contribution >= 0.6 is 11.6 Å². The Kier molecular flexibility index (Phi) is 8.30. The quantitative estimate of drug-likeness (QED) is 0.389. The number of carboxylic acids is 1. The van der Waals surface area contributed by atoms with Crippen LogP contribution in [0.4, 0.5) is 16.2 Å². The molecule has 4 amide bonds. The molecule has 0 saturated carbocycles. The van der Waals surface area contributed by atoms with Gasteiger partial charge in [0.1, 0.15) is 12.4 Å². The monoisotopic (exact) mass is 591 g/mol. The van der Waals surface area contributed by atoms with Gasteiger partial charge in [-0.2, -0.15) is 9.94 Å². The number of aromatic nitrogens is 4. The number of piperazine rings is 1. The van der Waals surface area contributed by atoms with Crippen LogP contribution in [0.2, 0.25) is 5.02 Å². The van der Waals surface area contributed by atoms with Gasteiger partial charge in [-0.15, -0.1) is 5.10 Å². The molecule has 5 rings (SSSR count). The molecule has 216 valence electrons.